The molecular formula is C17H26O4. The van der Waals surface area contributed by atoms with E-state index in [4.69, 9.17) is 9.47 Å². The van der Waals surface area contributed by atoms with Crippen molar-refractivity contribution in [2.75, 3.05) is 13.2 Å². The first-order chi connectivity index (χ1) is 10.1. The molecule has 1 N–H and O–H groups in total. The highest BCUT2D eigenvalue weighted by atomic mass is 16.5. The number of esters is 1. The highest BCUT2D eigenvalue weighted by molar-refractivity contribution is 5.69. The Morgan fingerprint density at radius 3 is 2.67 bits per heavy atom. The Kier molecular flexibility index (Phi) is 7.83. The maximum absolute atomic E-state index is 11.4. The summed E-state index contributed by atoms with van der Waals surface area (Å²) in [5.41, 5.74) is 2.35. The van der Waals surface area contributed by atoms with Crippen molar-refractivity contribution < 1.29 is 19.4 Å². The minimum absolute atomic E-state index is 0.156. The highest BCUT2D eigenvalue weighted by Crippen LogP contribution is 2.20. The van der Waals surface area contributed by atoms with Gasteiger partial charge in [-0.05, 0) is 49.9 Å². The van der Waals surface area contributed by atoms with Gasteiger partial charge in [-0.3, -0.25) is 4.79 Å². The minimum atomic E-state index is -0.348. The van der Waals surface area contributed by atoms with Gasteiger partial charge < -0.3 is 14.6 Å². The van der Waals surface area contributed by atoms with Crippen LogP contribution in [0.1, 0.15) is 44.7 Å². The molecule has 0 aromatic heterocycles. The standard InChI is InChI=1S/C17H26O4/c1-4-14-12-16(21-11-10-13(3)18)8-6-15(14)7-9-17(19)20-5-2/h6,8,12-13,18H,4-5,7,9-11H2,1-3H3/t13-/m0/s1. The predicted octanol–water partition coefficient (Wildman–Crippen LogP) is 2.89. The molecule has 118 valence electrons. The lowest BCUT2D eigenvalue weighted by Crippen LogP contribution is -2.08. The Balaban J connectivity index is 2.59. The van der Waals surface area contributed by atoms with Crippen LogP contribution in [0.4, 0.5) is 0 Å². The summed E-state index contributed by atoms with van der Waals surface area (Å²) in [6.45, 7) is 6.58. The van der Waals surface area contributed by atoms with Crippen LogP contribution in [0.2, 0.25) is 0 Å². The number of hydrogen-bond donors (Lipinski definition) is 1. The average Bonchev–Trinajstić information content (AvgIpc) is 2.45. The maximum Gasteiger partial charge on any atom is 0.306 e. The van der Waals surface area contributed by atoms with Gasteiger partial charge in [0.15, 0.2) is 0 Å². The first kappa shape index (κ1) is 17.5. The lowest BCUT2D eigenvalue weighted by atomic mass is 10.0. The number of rotatable bonds is 9. The van der Waals surface area contributed by atoms with Crippen LogP contribution < -0.4 is 4.74 Å². The van der Waals surface area contributed by atoms with Crippen LogP contribution in [-0.2, 0) is 22.4 Å². The van der Waals surface area contributed by atoms with Crippen LogP contribution in [0.5, 0.6) is 5.75 Å². The molecule has 0 spiro atoms. The van der Waals surface area contributed by atoms with E-state index >= 15 is 0 Å². The quantitative estimate of drug-likeness (QED) is 0.712. The molecule has 0 aliphatic rings. The molecule has 0 saturated carbocycles. The lowest BCUT2D eigenvalue weighted by molar-refractivity contribution is -0.143. The van der Waals surface area contributed by atoms with E-state index in [1.165, 1.54) is 5.56 Å². The van der Waals surface area contributed by atoms with Gasteiger partial charge in [0.25, 0.3) is 0 Å². The zero-order valence-corrected chi connectivity index (χ0v) is 13.2. The molecule has 4 nitrogen and oxygen atoms in total. The third-order valence-electron chi connectivity index (χ3n) is 3.27. The number of ether oxygens (including phenoxy) is 2. The summed E-state index contributed by atoms with van der Waals surface area (Å²) in [5.74, 6) is 0.657. The van der Waals surface area contributed by atoms with Crippen molar-refractivity contribution in [3.8, 4) is 5.75 Å². The topological polar surface area (TPSA) is 55.8 Å². The van der Waals surface area contributed by atoms with Crippen molar-refractivity contribution in [3.63, 3.8) is 0 Å². The van der Waals surface area contributed by atoms with Crippen molar-refractivity contribution >= 4 is 5.97 Å². The SMILES string of the molecule is CCOC(=O)CCc1ccc(OCC[C@H](C)O)cc1CC. The summed E-state index contributed by atoms with van der Waals surface area (Å²) in [4.78, 5) is 11.4. The molecule has 1 atom stereocenters. The van der Waals surface area contributed by atoms with E-state index in [0.717, 1.165) is 17.7 Å². The lowest BCUT2D eigenvalue weighted by Gasteiger charge is -2.12. The van der Waals surface area contributed by atoms with Gasteiger partial charge in [0.05, 0.1) is 19.3 Å². The van der Waals surface area contributed by atoms with Gasteiger partial charge in [-0.1, -0.05) is 13.0 Å². The summed E-state index contributed by atoms with van der Waals surface area (Å²) < 4.78 is 10.6. The molecule has 0 unspecified atom stereocenters. The number of carbonyl (C=O) groups is 1. The van der Waals surface area contributed by atoms with Crippen molar-refractivity contribution in [2.45, 2.75) is 52.6 Å². The van der Waals surface area contributed by atoms with Gasteiger partial charge >= 0.3 is 5.97 Å². The van der Waals surface area contributed by atoms with Crippen LogP contribution >= 0.6 is 0 Å². The fourth-order valence-corrected chi connectivity index (χ4v) is 2.08. The summed E-state index contributed by atoms with van der Waals surface area (Å²) in [7, 11) is 0. The summed E-state index contributed by atoms with van der Waals surface area (Å²) in [6.07, 6.45) is 2.26. The molecule has 0 aliphatic heterocycles. The van der Waals surface area contributed by atoms with Crippen molar-refractivity contribution in [1.29, 1.82) is 0 Å². The molecule has 0 fully saturated rings. The van der Waals surface area contributed by atoms with E-state index in [9.17, 15) is 9.90 Å². The van der Waals surface area contributed by atoms with Crippen LogP contribution in [-0.4, -0.2) is 30.4 Å². The molecule has 0 bridgehead atoms. The third kappa shape index (κ3) is 6.63. The fraction of sp³-hybridized carbons (Fsp3) is 0.588. The molecule has 1 aromatic rings. The van der Waals surface area contributed by atoms with Gasteiger partial charge in [0.1, 0.15) is 5.75 Å². The number of aryl methyl sites for hydroxylation is 2. The molecule has 0 aliphatic carbocycles. The Bertz CT molecular complexity index is 440. The summed E-state index contributed by atoms with van der Waals surface area (Å²) in [6, 6.07) is 5.94. The van der Waals surface area contributed by atoms with E-state index in [0.29, 0.717) is 32.5 Å². The second-order valence-electron chi connectivity index (χ2n) is 5.08. The van der Waals surface area contributed by atoms with E-state index < -0.39 is 0 Å². The minimum Gasteiger partial charge on any atom is -0.493 e. The van der Waals surface area contributed by atoms with E-state index in [-0.39, 0.29) is 12.1 Å². The largest absolute Gasteiger partial charge is 0.493 e. The van der Waals surface area contributed by atoms with Crippen molar-refractivity contribution in [1.82, 2.24) is 0 Å². The molecule has 21 heavy (non-hydrogen) atoms. The van der Waals surface area contributed by atoms with Crippen LogP contribution in [0, 0.1) is 0 Å². The number of carbonyl (C=O) groups excluding carboxylic acids is 1. The van der Waals surface area contributed by atoms with Crippen LogP contribution in [0.3, 0.4) is 0 Å². The van der Waals surface area contributed by atoms with Crippen LogP contribution in [0.25, 0.3) is 0 Å². The van der Waals surface area contributed by atoms with Crippen LogP contribution in [0.15, 0.2) is 18.2 Å². The van der Waals surface area contributed by atoms with Gasteiger partial charge in [-0.2, -0.15) is 0 Å². The molecule has 0 heterocycles. The molecule has 1 aromatic carbocycles. The van der Waals surface area contributed by atoms with Crippen molar-refractivity contribution in [3.05, 3.63) is 29.3 Å². The second-order valence-corrected chi connectivity index (χ2v) is 5.08. The zero-order chi connectivity index (χ0) is 15.7. The normalized spacial score (nSPS) is 12.0. The Labute approximate surface area is 127 Å². The average molecular weight is 294 g/mol. The molecular weight excluding hydrogens is 268 g/mol. The van der Waals surface area contributed by atoms with Gasteiger partial charge in [-0.15, -0.1) is 0 Å². The zero-order valence-electron chi connectivity index (χ0n) is 13.2. The molecule has 0 amide bonds. The fourth-order valence-electron chi connectivity index (χ4n) is 2.08. The Morgan fingerprint density at radius 2 is 2.05 bits per heavy atom. The highest BCUT2D eigenvalue weighted by Gasteiger charge is 2.07. The summed E-state index contributed by atoms with van der Waals surface area (Å²) >= 11 is 0. The number of benzene rings is 1. The number of hydrogen-bond acceptors (Lipinski definition) is 4. The predicted molar refractivity (Wildman–Crippen MR) is 82.6 cm³/mol. The first-order valence-electron chi connectivity index (χ1n) is 7.65. The third-order valence-corrected chi connectivity index (χ3v) is 3.27. The molecule has 1 rings (SSSR count). The summed E-state index contributed by atoms with van der Waals surface area (Å²) in [5, 5.41) is 9.22. The smallest absolute Gasteiger partial charge is 0.306 e. The Morgan fingerprint density at radius 1 is 1.29 bits per heavy atom. The van der Waals surface area contributed by atoms with Gasteiger partial charge in [0.2, 0.25) is 0 Å². The van der Waals surface area contributed by atoms with Crippen molar-refractivity contribution in [2.24, 2.45) is 0 Å². The Hall–Kier alpha value is -1.55. The maximum atomic E-state index is 11.4. The molecule has 0 saturated heterocycles. The molecule has 4 heteroatoms. The first-order valence-corrected chi connectivity index (χ1v) is 7.65. The van der Waals surface area contributed by atoms with Gasteiger partial charge in [0, 0.05) is 12.8 Å². The number of aliphatic hydroxyl groups excluding tert-OH is 1. The monoisotopic (exact) mass is 294 g/mol. The van der Waals surface area contributed by atoms with Gasteiger partial charge in [-0.25, -0.2) is 0 Å². The molecule has 0 radical (unpaired) electrons. The van der Waals surface area contributed by atoms with E-state index in [1.54, 1.807) is 6.92 Å². The number of aliphatic hydroxyl groups is 1. The van der Waals surface area contributed by atoms with E-state index in [1.807, 2.05) is 25.1 Å². The second kappa shape index (κ2) is 9.40. The van der Waals surface area contributed by atoms with E-state index in [2.05, 4.69) is 6.92 Å².